The molecule has 0 amide bonds. The van der Waals surface area contributed by atoms with Crippen molar-refractivity contribution in [3.63, 3.8) is 0 Å². The molecule has 140 valence electrons. The molecule has 0 aliphatic rings. The molecular formula is C23H26N2O2. The Balaban J connectivity index is 1.63. The Kier molecular flexibility index (Phi) is 6.42. The van der Waals surface area contributed by atoms with Crippen LogP contribution in [0.2, 0.25) is 0 Å². The van der Waals surface area contributed by atoms with E-state index in [0.717, 1.165) is 41.0 Å². The van der Waals surface area contributed by atoms with Crippen LogP contribution >= 0.6 is 0 Å². The third-order valence-electron chi connectivity index (χ3n) is 4.43. The molecular weight excluding hydrogens is 336 g/mol. The second-order valence-corrected chi connectivity index (χ2v) is 6.71. The topological polar surface area (TPSA) is 48.2 Å². The summed E-state index contributed by atoms with van der Waals surface area (Å²) in [5, 5.41) is 4.10. The molecule has 1 aromatic heterocycles. The first kappa shape index (κ1) is 18.9. The molecule has 0 aliphatic carbocycles. The lowest BCUT2D eigenvalue weighted by Crippen LogP contribution is -1.97. The Bertz CT molecular complexity index is 864. The van der Waals surface area contributed by atoms with Gasteiger partial charge in [0, 0.05) is 11.1 Å². The second kappa shape index (κ2) is 9.17. The fourth-order valence-corrected chi connectivity index (χ4v) is 2.77. The third kappa shape index (κ3) is 5.07. The highest BCUT2D eigenvalue weighted by molar-refractivity contribution is 5.66. The lowest BCUT2D eigenvalue weighted by molar-refractivity contribution is 0.305. The van der Waals surface area contributed by atoms with Crippen molar-refractivity contribution >= 4 is 5.57 Å². The Morgan fingerprint density at radius 3 is 2.33 bits per heavy atom. The minimum absolute atomic E-state index is 0.509. The van der Waals surface area contributed by atoms with Gasteiger partial charge in [-0.3, -0.25) is 0 Å². The van der Waals surface area contributed by atoms with Gasteiger partial charge in [-0.25, -0.2) is 0 Å². The van der Waals surface area contributed by atoms with Crippen molar-refractivity contribution in [1.82, 2.24) is 10.1 Å². The van der Waals surface area contributed by atoms with Crippen molar-refractivity contribution in [2.45, 2.75) is 39.5 Å². The van der Waals surface area contributed by atoms with Gasteiger partial charge in [-0.2, -0.15) is 4.98 Å². The van der Waals surface area contributed by atoms with Gasteiger partial charge in [0.2, 0.25) is 5.82 Å². The van der Waals surface area contributed by atoms with Crippen LogP contribution in [0.15, 0.2) is 59.6 Å². The highest BCUT2D eigenvalue weighted by atomic mass is 16.5. The number of hydrogen-bond donors (Lipinski definition) is 0. The summed E-state index contributed by atoms with van der Waals surface area (Å²) in [5.74, 6) is 1.95. The zero-order valence-corrected chi connectivity index (χ0v) is 16.1. The van der Waals surface area contributed by atoms with Gasteiger partial charge in [0.1, 0.15) is 5.75 Å². The predicted molar refractivity (Wildman–Crippen MR) is 110 cm³/mol. The van der Waals surface area contributed by atoms with Crippen LogP contribution < -0.4 is 4.74 Å². The first-order chi connectivity index (χ1) is 13.2. The molecule has 27 heavy (non-hydrogen) atoms. The van der Waals surface area contributed by atoms with Crippen molar-refractivity contribution in [2.75, 3.05) is 6.61 Å². The van der Waals surface area contributed by atoms with Crippen molar-refractivity contribution in [1.29, 1.82) is 0 Å². The zero-order chi connectivity index (χ0) is 19.1. The Hall–Kier alpha value is -2.88. The second-order valence-electron chi connectivity index (χ2n) is 6.71. The van der Waals surface area contributed by atoms with Gasteiger partial charge in [0.15, 0.2) is 0 Å². The maximum absolute atomic E-state index is 5.78. The fourth-order valence-electron chi connectivity index (χ4n) is 2.77. The van der Waals surface area contributed by atoms with E-state index in [0.29, 0.717) is 11.7 Å². The average Bonchev–Trinajstić information content (AvgIpc) is 3.18. The van der Waals surface area contributed by atoms with E-state index in [4.69, 9.17) is 9.26 Å². The van der Waals surface area contributed by atoms with Crippen molar-refractivity contribution < 1.29 is 9.26 Å². The van der Waals surface area contributed by atoms with E-state index in [9.17, 15) is 0 Å². The first-order valence-corrected chi connectivity index (χ1v) is 9.50. The minimum atomic E-state index is 0.509. The van der Waals surface area contributed by atoms with E-state index in [1.165, 1.54) is 19.3 Å². The Morgan fingerprint density at radius 2 is 1.67 bits per heavy atom. The van der Waals surface area contributed by atoms with Crippen LogP contribution in [-0.2, 0) is 0 Å². The van der Waals surface area contributed by atoms with Gasteiger partial charge >= 0.3 is 0 Å². The molecule has 2 aromatic carbocycles. The van der Waals surface area contributed by atoms with E-state index in [1.807, 2.05) is 55.5 Å². The molecule has 0 spiro atoms. The molecule has 0 bridgehead atoms. The molecule has 1 heterocycles. The summed E-state index contributed by atoms with van der Waals surface area (Å²) in [5.41, 5.74) is 3.93. The molecule has 0 fully saturated rings. The summed E-state index contributed by atoms with van der Waals surface area (Å²) in [6.45, 7) is 8.90. The van der Waals surface area contributed by atoms with E-state index < -0.39 is 0 Å². The maximum Gasteiger partial charge on any atom is 0.258 e. The standard InChI is InChI=1S/C23H26N2O2/c1-4-5-6-7-16-26-21-14-12-19(13-15-21)22-24-23(27-25-22)20-10-8-18(9-11-20)17(2)3/h8-15H,2,4-7,16H2,1,3H3. The smallest absolute Gasteiger partial charge is 0.258 e. The van der Waals surface area contributed by atoms with Crippen molar-refractivity contribution in [3.05, 3.63) is 60.7 Å². The van der Waals surface area contributed by atoms with Gasteiger partial charge in [-0.05, 0) is 55.3 Å². The van der Waals surface area contributed by atoms with Crippen LogP contribution in [-0.4, -0.2) is 16.7 Å². The van der Waals surface area contributed by atoms with Gasteiger partial charge < -0.3 is 9.26 Å². The first-order valence-electron chi connectivity index (χ1n) is 9.50. The number of rotatable bonds is 9. The Labute approximate surface area is 160 Å². The van der Waals surface area contributed by atoms with Crippen LogP contribution in [0.5, 0.6) is 5.75 Å². The summed E-state index contributed by atoms with van der Waals surface area (Å²) >= 11 is 0. The van der Waals surface area contributed by atoms with Gasteiger partial charge in [-0.1, -0.05) is 55.6 Å². The highest BCUT2D eigenvalue weighted by Gasteiger charge is 2.11. The molecule has 4 nitrogen and oxygen atoms in total. The maximum atomic E-state index is 5.78. The van der Waals surface area contributed by atoms with Gasteiger partial charge in [0.25, 0.3) is 5.89 Å². The van der Waals surface area contributed by atoms with Crippen molar-refractivity contribution in [3.8, 4) is 28.6 Å². The number of ether oxygens (including phenoxy) is 1. The molecule has 0 aliphatic heterocycles. The van der Waals surface area contributed by atoms with Crippen LogP contribution in [0.25, 0.3) is 28.4 Å². The highest BCUT2D eigenvalue weighted by Crippen LogP contribution is 2.25. The van der Waals surface area contributed by atoms with Crippen LogP contribution in [0, 0.1) is 0 Å². The van der Waals surface area contributed by atoms with Crippen LogP contribution in [0.4, 0.5) is 0 Å². The SMILES string of the molecule is C=C(C)c1ccc(-c2nc(-c3ccc(OCCCCCC)cc3)no2)cc1. The largest absolute Gasteiger partial charge is 0.494 e. The summed E-state index contributed by atoms with van der Waals surface area (Å²) in [7, 11) is 0. The number of unbranched alkanes of at least 4 members (excludes halogenated alkanes) is 3. The van der Waals surface area contributed by atoms with Crippen molar-refractivity contribution in [2.24, 2.45) is 0 Å². The zero-order valence-electron chi connectivity index (χ0n) is 16.1. The number of allylic oxidation sites excluding steroid dienone is 1. The van der Waals surface area contributed by atoms with Gasteiger partial charge in [0.05, 0.1) is 6.61 Å². The molecule has 3 aromatic rings. The third-order valence-corrected chi connectivity index (χ3v) is 4.43. The number of aromatic nitrogens is 2. The summed E-state index contributed by atoms with van der Waals surface area (Å²) < 4.78 is 11.2. The minimum Gasteiger partial charge on any atom is -0.494 e. The van der Waals surface area contributed by atoms with Crippen LogP contribution in [0.3, 0.4) is 0 Å². The lowest BCUT2D eigenvalue weighted by Gasteiger charge is -2.06. The van der Waals surface area contributed by atoms with Gasteiger partial charge in [-0.15, -0.1) is 0 Å². The molecule has 0 atom stereocenters. The molecule has 4 heteroatoms. The molecule has 0 radical (unpaired) electrons. The monoisotopic (exact) mass is 362 g/mol. The van der Waals surface area contributed by atoms with E-state index >= 15 is 0 Å². The number of benzene rings is 2. The molecule has 0 unspecified atom stereocenters. The summed E-state index contributed by atoms with van der Waals surface area (Å²) in [6.07, 6.45) is 4.80. The summed E-state index contributed by atoms with van der Waals surface area (Å²) in [6, 6.07) is 15.8. The van der Waals surface area contributed by atoms with E-state index in [2.05, 4.69) is 23.6 Å². The molecule has 0 N–H and O–H groups in total. The fraction of sp³-hybridized carbons (Fsp3) is 0.304. The molecule has 0 saturated carbocycles. The predicted octanol–water partition coefficient (Wildman–Crippen LogP) is 6.40. The molecule has 0 saturated heterocycles. The molecule has 3 rings (SSSR count). The van der Waals surface area contributed by atoms with E-state index in [-0.39, 0.29) is 0 Å². The summed E-state index contributed by atoms with van der Waals surface area (Å²) in [4.78, 5) is 4.51. The van der Waals surface area contributed by atoms with E-state index in [1.54, 1.807) is 0 Å². The lowest BCUT2D eigenvalue weighted by atomic mass is 10.1. The average molecular weight is 362 g/mol. The quantitative estimate of drug-likeness (QED) is 0.413. The Morgan fingerprint density at radius 1 is 0.963 bits per heavy atom. The number of nitrogens with zero attached hydrogens (tertiary/aromatic N) is 2. The number of hydrogen-bond acceptors (Lipinski definition) is 4. The van der Waals surface area contributed by atoms with Crippen LogP contribution in [0.1, 0.15) is 45.1 Å². The normalized spacial score (nSPS) is 10.7.